The zero-order chi connectivity index (χ0) is 19.8. The lowest BCUT2D eigenvalue weighted by Gasteiger charge is -2.14. The molecule has 0 saturated heterocycles. The Morgan fingerprint density at radius 2 is 1.57 bits per heavy atom. The third-order valence-corrected chi connectivity index (χ3v) is 4.19. The van der Waals surface area contributed by atoms with Gasteiger partial charge in [0, 0.05) is 38.4 Å². The maximum Gasteiger partial charge on any atom is 0.226 e. The van der Waals surface area contributed by atoms with Gasteiger partial charge in [-0.05, 0) is 48.5 Å². The van der Waals surface area contributed by atoms with Gasteiger partial charge in [0.1, 0.15) is 5.75 Å². The van der Waals surface area contributed by atoms with E-state index in [-0.39, 0.29) is 5.91 Å². The first-order valence-corrected chi connectivity index (χ1v) is 9.25. The van der Waals surface area contributed by atoms with Gasteiger partial charge >= 0.3 is 0 Å². The average Bonchev–Trinajstić information content (AvgIpc) is 2.70. The van der Waals surface area contributed by atoms with E-state index in [1.165, 1.54) is 0 Å². The summed E-state index contributed by atoms with van der Waals surface area (Å²) in [5.74, 6) is 1.47. The molecule has 28 heavy (non-hydrogen) atoms. The van der Waals surface area contributed by atoms with E-state index in [9.17, 15) is 4.79 Å². The highest BCUT2D eigenvalue weighted by Gasteiger charge is 2.06. The Balaban J connectivity index is 1.51. The Hall–Kier alpha value is -3.47. The van der Waals surface area contributed by atoms with Crippen LogP contribution in [0, 0.1) is 0 Å². The molecule has 5 heteroatoms. The van der Waals surface area contributed by atoms with E-state index in [1.54, 1.807) is 0 Å². The Labute approximate surface area is 166 Å². The lowest BCUT2D eigenvalue weighted by atomic mass is 10.2. The van der Waals surface area contributed by atoms with Gasteiger partial charge in [0.25, 0.3) is 0 Å². The van der Waals surface area contributed by atoms with E-state index in [2.05, 4.69) is 10.6 Å². The number of ether oxygens (including phenoxy) is 1. The van der Waals surface area contributed by atoms with Crippen LogP contribution in [0.2, 0.25) is 0 Å². The van der Waals surface area contributed by atoms with Crippen molar-refractivity contribution < 1.29 is 9.53 Å². The molecule has 3 aromatic rings. The largest absolute Gasteiger partial charge is 0.455 e. The molecule has 0 radical (unpaired) electrons. The number of anilines is 3. The van der Waals surface area contributed by atoms with Crippen LogP contribution in [0.25, 0.3) is 0 Å². The quantitative estimate of drug-likeness (QED) is 0.583. The van der Waals surface area contributed by atoms with Crippen LogP contribution >= 0.6 is 0 Å². The first-order valence-electron chi connectivity index (χ1n) is 9.25. The predicted octanol–water partition coefficient (Wildman–Crippen LogP) is 4.99. The molecule has 0 unspecified atom stereocenters. The summed E-state index contributed by atoms with van der Waals surface area (Å²) in [6.07, 6.45) is 0.356. The average molecular weight is 375 g/mol. The van der Waals surface area contributed by atoms with Gasteiger partial charge in [0.15, 0.2) is 5.75 Å². The van der Waals surface area contributed by atoms with Gasteiger partial charge < -0.3 is 20.3 Å². The topological polar surface area (TPSA) is 53.6 Å². The van der Waals surface area contributed by atoms with Crippen LogP contribution in [0.1, 0.15) is 6.42 Å². The normalized spacial score (nSPS) is 10.2. The highest BCUT2D eigenvalue weighted by molar-refractivity contribution is 5.91. The molecular weight excluding hydrogens is 350 g/mol. The van der Waals surface area contributed by atoms with E-state index in [4.69, 9.17) is 4.74 Å². The second-order valence-corrected chi connectivity index (χ2v) is 6.58. The Kier molecular flexibility index (Phi) is 6.52. The molecule has 0 atom stereocenters. The molecule has 0 bridgehead atoms. The zero-order valence-corrected chi connectivity index (χ0v) is 16.2. The van der Waals surface area contributed by atoms with E-state index in [0.29, 0.717) is 13.0 Å². The second-order valence-electron chi connectivity index (χ2n) is 6.58. The van der Waals surface area contributed by atoms with Crippen molar-refractivity contribution in [2.24, 2.45) is 0 Å². The summed E-state index contributed by atoms with van der Waals surface area (Å²) in [5.41, 5.74) is 2.74. The van der Waals surface area contributed by atoms with Gasteiger partial charge in [-0.1, -0.05) is 30.3 Å². The molecule has 1 amide bonds. The van der Waals surface area contributed by atoms with Crippen LogP contribution in [0.5, 0.6) is 11.5 Å². The zero-order valence-electron chi connectivity index (χ0n) is 16.2. The van der Waals surface area contributed by atoms with Gasteiger partial charge in [0.2, 0.25) is 5.91 Å². The number of benzene rings is 3. The van der Waals surface area contributed by atoms with E-state index in [1.807, 2.05) is 97.9 Å². The molecule has 0 spiro atoms. The maximum absolute atomic E-state index is 12.2. The minimum atomic E-state index is -0.0356. The predicted molar refractivity (Wildman–Crippen MR) is 115 cm³/mol. The molecule has 0 aliphatic heterocycles. The molecule has 3 aromatic carbocycles. The number of nitrogens with zero attached hydrogens (tertiary/aromatic N) is 1. The van der Waals surface area contributed by atoms with Gasteiger partial charge in [-0.2, -0.15) is 0 Å². The molecular formula is C23H25N3O2. The molecule has 144 valence electrons. The summed E-state index contributed by atoms with van der Waals surface area (Å²) in [6.45, 7) is 0.511. The number of para-hydroxylation sites is 3. The van der Waals surface area contributed by atoms with Crippen LogP contribution in [0.3, 0.4) is 0 Å². The van der Waals surface area contributed by atoms with Crippen molar-refractivity contribution in [2.75, 3.05) is 36.2 Å². The molecule has 0 aliphatic rings. The summed E-state index contributed by atoms with van der Waals surface area (Å²) >= 11 is 0. The van der Waals surface area contributed by atoms with Crippen molar-refractivity contribution in [3.8, 4) is 11.5 Å². The number of carbonyl (C=O) groups excluding carboxylic acids is 1. The van der Waals surface area contributed by atoms with E-state index in [0.717, 1.165) is 28.6 Å². The van der Waals surface area contributed by atoms with Crippen LogP contribution in [0.4, 0.5) is 17.1 Å². The SMILES string of the molecule is CN(C)c1ccc(NC(=O)CCNc2ccccc2Oc2ccccc2)cc1. The number of nitrogens with one attached hydrogen (secondary N) is 2. The minimum Gasteiger partial charge on any atom is -0.455 e. The summed E-state index contributed by atoms with van der Waals surface area (Å²) in [7, 11) is 3.97. The molecule has 0 fully saturated rings. The Morgan fingerprint density at radius 3 is 2.29 bits per heavy atom. The van der Waals surface area contributed by atoms with Gasteiger partial charge in [-0.15, -0.1) is 0 Å². The molecule has 0 aromatic heterocycles. The first kappa shape index (κ1) is 19.3. The van der Waals surface area contributed by atoms with Gasteiger partial charge in [0.05, 0.1) is 5.69 Å². The van der Waals surface area contributed by atoms with Crippen LogP contribution in [0.15, 0.2) is 78.9 Å². The van der Waals surface area contributed by atoms with Crippen molar-refractivity contribution in [3.63, 3.8) is 0 Å². The monoisotopic (exact) mass is 375 g/mol. The minimum absolute atomic E-state index is 0.0356. The van der Waals surface area contributed by atoms with Crippen molar-refractivity contribution in [1.29, 1.82) is 0 Å². The van der Waals surface area contributed by atoms with E-state index >= 15 is 0 Å². The third-order valence-electron chi connectivity index (χ3n) is 4.19. The summed E-state index contributed by atoms with van der Waals surface area (Å²) in [6, 6.07) is 25.1. The van der Waals surface area contributed by atoms with Crippen LogP contribution in [-0.2, 0) is 4.79 Å². The smallest absolute Gasteiger partial charge is 0.226 e. The van der Waals surface area contributed by atoms with Crippen molar-refractivity contribution in [3.05, 3.63) is 78.9 Å². The standard InChI is InChI=1S/C23H25N3O2/c1-26(2)19-14-12-18(13-15-19)25-23(27)16-17-24-21-10-6-7-11-22(21)28-20-8-4-3-5-9-20/h3-15,24H,16-17H2,1-2H3,(H,25,27). The second kappa shape index (κ2) is 9.46. The summed E-state index contributed by atoms with van der Waals surface area (Å²) < 4.78 is 5.93. The van der Waals surface area contributed by atoms with Crippen molar-refractivity contribution in [1.82, 2.24) is 0 Å². The summed E-state index contributed by atoms with van der Waals surface area (Å²) in [5, 5.41) is 6.20. The van der Waals surface area contributed by atoms with Gasteiger partial charge in [-0.25, -0.2) is 0 Å². The third kappa shape index (κ3) is 5.51. The molecule has 0 aliphatic carbocycles. The van der Waals surface area contributed by atoms with Crippen molar-refractivity contribution >= 4 is 23.0 Å². The van der Waals surface area contributed by atoms with Gasteiger partial charge in [-0.3, -0.25) is 4.79 Å². The van der Waals surface area contributed by atoms with Crippen LogP contribution in [-0.4, -0.2) is 26.5 Å². The van der Waals surface area contributed by atoms with Crippen LogP contribution < -0.4 is 20.3 Å². The molecule has 2 N–H and O–H groups in total. The number of amides is 1. The summed E-state index contributed by atoms with van der Waals surface area (Å²) in [4.78, 5) is 14.2. The first-order chi connectivity index (χ1) is 13.6. The number of hydrogen-bond acceptors (Lipinski definition) is 4. The number of carbonyl (C=O) groups is 1. The lowest BCUT2D eigenvalue weighted by Crippen LogP contribution is -2.16. The lowest BCUT2D eigenvalue weighted by molar-refractivity contribution is -0.115. The molecule has 0 saturated carbocycles. The molecule has 0 heterocycles. The Morgan fingerprint density at radius 1 is 0.893 bits per heavy atom. The maximum atomic E-state index is 12.2. The fraction of sp³-hybridized carbons (Fsp3) is 0.174. The fourth-order valence-electron chi connectivity index (χ4n) is 2.69. The molecule has 5 nitrogen and oxygen atoms in total. The highest BCUT2D eigenvalue weighted by Crippen LogP contribution is 2.29. The van der Waals surface area contributed by atoms with E-state index < -0.39 is 0 Å². The Bertz CT molecular complexity index is 893. The fourth-order valence-corrected chi connectivity index (χ4v) is 2.69. The number of rotatable bonds is 8. The molecule has 3 rings (SSSR count). The number of hydrogen-bond donors (Lipinski definition) is 2. The van der Waals surface area contributed by atoms with Crippen molar-refractivity contribution in [2.45, 2.75) is 6.42 Å². The highest BCUT2D eigenvalue weighted by atomic mass is 16.5.